The van der Waals surface area contributed by atoms with E-state index in [-0.39, 0.29) is 30.7 Å². The molecule has 1 aromatic carbocycles. The molecule has 0 aromatic heterocycles. The standard InChI is InChI=1S/C24H40N6O4/c1-5-7-20(31)30-21(16(2)3)23(33)29-19(8-6-14-27-24(25)34)22(32)28-18-11-9-17(10-12-18)13-15-26-4/h9-12,16,19,21,26H,5-8,13-15H2,1-4H3,(H,28,32)(H,29,33)(H,30,31)(H3,25,27,34)/t19-,21-/m0/s1. The number of nitrogens with one attached hydrogen (secondary N) is 5. The summed E-state index contributed by atoms with van der Waals surface area (Å²) in [5.41, 5.74) is 6.85. The molecule has 5 amide bonds. The van der Waals surface area contributed by atoms with Gasteiger partial charge >= 0.3 is 6.03 Å². The van der Waals surface area contributed by atoms with E-state index in [1.165, 1.54) is 0 Å². The molecular weight excluding hydrogens is 436 g/mol. The van der Waals surface area contributed by atoms with Gasteiger partial charge in [-0.15, -0.1) is 0 Å². The third-order valence-electron chi connectivity index (χ3n) is 5.23. The lowest BCUT2D eigenvalue weighted by Crippen LogP contribution is -2.54. The average molecular weight is 477 g/mol. The van der Waals surface area contributed by atoms with Gasteiger partial charge in [0.25, 0.3) is 0 Å². The first-order valence-electron chi connectivity index (χ1n) is 11.8. The molecule has 0 aliphatic rings. The van der Waals surface area contributed by atoms with Crippen LogP contribution in [0, 0.1) is 5.92 Å². The Bertz CT molecular complexity index is 797. The number of rotatable bonds is 15. The summed E-state index contributed by atoms with van der Waals surface area (Å²) in [6.07, 6.45) is 2.58. The predicted octanol–water partition coefficient (Wildman–Crippen LogP) is 1.26. The predicted molar refractivity (Wildman–Crippen MR) is 133 cm³/mol. The van der Waals surface area contributed by atoms with E-state index in [1.54, 1.807) is 0 Å². The Balaban J connectivity index is 2.88. The van der Waals surface area contributed by atoms with Crippen LogP contribution in [0.25, 0.3) is 0 Å². The molecule has 0 heterocycles. The lowest BCUT2D eigenvalue weighted by atomic mass is 10.0. The van der Waals surface area contributed by atoms with Gasteiger partial charge in [-0.25, -0.2) is 4.79 Å². The molecule has 190 valence electrons. The summed E-state index contributed by atoms with van der Waals surface area (Å²) in [7, 11) is 1.89. The maximum absolute atomic E-state index is 13.0. The Morgan fingerprint density at radius 1 is 0.971 bits per heavy atom. The first kappa shape index (κ1) is 28.9. The van der Waals surface area contributed by atoms with Gasteiger partial charge in [-0.3, -0.25) is 14.4 Å². The van der Waals surface area contributed by atoms with Gasteiger partial charge in [0.05, 0.1) is 0 Å². The lowest BCUT2D eigenvalue weighted by Gasteiger charge is -2.25. The number of hydrogen-bond donors (Lipinski definition) is 6. The summed E-state index contributed by atoms with van der Waals surface area (Å²) in [5, 5.41) is 13.9. The second-order valence-electron chi connectivity index (χ2n) is 8.57. The fraction of sp³-hybridized carbons (Fsp3) is 0.583. The smallest absolute Gasteiger partial charge is 0.312 e. The van der Waals surface area contributed by atoms with Crippen LogP contribution in [0.4, 0.5) is 10.5 Å². The van der Waals surface area contributed by atoms with Crippen LogP contribution in [0.5, 0.6) is 0 Å². The van der Waals surface area contributed by atoms with Crippen LogP contribution in [-0.4, -0.2) is 56.0 Å². The van der Waals surface area contributed by atoms with Crippen molar-refractivity contribution in [1.29, 1.82) is 0 Å². The van der Waals surface area contributed by atoms with Crippen molar-refractivity contribution in [2.45, 2.75) is 65.0 Å². The second kappa shape index (κ2) is 15.7. The highest BCUT2D eigenvalue weighted by Gasteiger charge is 2.28. The Morgan fingerprint density at radius 3 is 2.21 bits per heavy atom. The van der Waals surface area contributed by atoms with Gasteiger partial charge in [0.1, 0.15) is 12.1 Å². The van der Waals surface area contributed by atoms with E-state index in [0.717, 1.165) is 18.5 Å². The third-order valence-corrected chi connectivity index (χ3v) is 5.23. The van der Waals surface area contributed by atoms with Gasteiger partial charge in [0.2, 0.25) is 17.7 Å². The van der Waals surface area contributed by atoms with E-state index in [1.807, 2.05) is 52.1 Å². The summed E-state index contributed by atoms with van der Waals surface area (Å²) in [5.74, 6) is -1.17. The SMILES string of the molecule is CCCC(=O)N[C@H](C(=O)N[C@@H](CCCNC(N)=O)C(=O)Nc1ccc(CCNC)cc1)C(C)C. The van der Waals surface area contributed by atoms with Crippen molar-refractivity contribution in [3.63, 3.8) is 0 Å². The zero-order chi connectivity index (χ0) is 25.5. The molecule has 10 heteroatoms. The summed E-state index contributed by atoms with van der Waals surface area (Å²) in [4.78, 5) is 49.0. The molecule has 0 fully saturated rings. The summed E-state index contributed by atoms with van der Waals surface area (Å²) >= 11 is 0. The fourth-order valence-electron chi connectivity index (χ4n) is 3.31. The number of urea groups is 1. The van der Waals surface area contributed by atoms with Crippen LogP contribution in [0.2, 0.25) is 0 Å². The van der Waals surface area contributed by atoms with E-state index in [4.69, 9.17) is 5.73 Å². The number of primary amides is 1. The molecule has 2 atom stereocenters. The zero-order valence-electron chi connectivity index (χ0n) is 20.7. The molecule has 10 nitrogen and oxygen atoms in total. The number of carbonyl (C=O) groups is 4. The molecule has 0 unspecified atom stereocenters. The van der Waals surface area contributed by atoms with Crippen LogP contribution >= 0.6 is 0 Å². The summed E-state index contributed by atoms with van der Waals surface area (Å²) in [6, 6.07) is 5.25. The highest BCUT2D eigenvalue weighted by atomic mass is 16.2. The summed E-state index contributed by atoms with van der Waals surface area (Å²) < 4.78 is 0. The third kappa shape index (κ3) is 11.1. The number of benzene rings is 1. The zero-order valence-corrected chi connectivity index (χ0v) is 20.7. The number of amides is 5. The van der Waals surface area contributed by atoms with Gasteiger partial charge < -0.3 is 32.3 Å². The van der Waals surface area contributed by atoms with E-state index in [9.17, 15) is 19.2 Å². The minimum absolute atomic E-state index is 0.161. The van der Waals surface area contributed by atoms with Gasteiger partial charge in [0, 0.05) is 18.7 Å². The number of carbonyl (C=O) groups excluding carboxylic acids is 4. The first-order chi connectivity index (χ1) is 16.2. The topological polar surface area (TPSA) is 154 Å². The maximum Gasteiger partial charge on any atom is 0.312 e. The van der Waals surface area contributed by atoms with Gasteiger partial charge in [-0.2, -0.15) is 0 Å². The number of anilines is 1. The highest BCUT2D eigenvalue weighted by molar-refractivity contribution is 5.98. The van der Waals surface area contributed by atoms with Crippen LogP contribution in [0.15, 0.2) is 24.3 Å². The molecule has 0 aliphatic heterocycles. The molecule has 0 spiro atoms. The monoisotopic (exact) mass is 476 g/mol. The van der Waals surface area contributed by atoms with E-state index in [2.05, 4.69) is 26.6 Å². The van der Waals surface area contributed by atoms with Crippen molar-refractivity contribution in [1.82, 2.24) is 21.3 Å². The van der Waals surface area contributed by atoms with E-state index >= 15 is 0 Å². The van der Waals surface area contributed by atoms with Crippen LogP contribution in [-0.2, 0) is 20.8 Å². The molecular formula is C24H40N6O4. The highest BCUT2D eigenvalue weighted by Crippen LogP contribution is 2.12. The molecule has 1 rings (SSSR count). The Morgan fingerprint density at radius 2 is 1.65 bits per heavy atom. The van der Waals surface area contributed by atoms with Crippen LogP contribution < -0.4 is 32.3 Å². The quantitative estimate of drug-likeness (QED) is 0.210. The molecule has 34 heavy (non-hydrogen) atoms. The minimum Gasteiger partial charge on any atom is -0.352 e. The fourth-order valence-corrected chi connectivity index (χ4v) is 3.31. The normalized spacial score (nSPS) is 12.5. The maximum atomic E-state index is 13.0. The molecule has 1 aromatic rings. The molecule has 0 bridgehead atoms. The number of nitrogens with two attached hydrogens (primary N) is 1. The van der Waals surface area contributed by atoms with Crippen molar-refractivity contribution in [3.8, 4) is 0 Å². The second-order valence-corrected chi connectivity index (χ2v) is 8.57. The molecule has 0 saturated carbocycles. The molecule has 0 radical (unpaired) electrons. The number of likely N-dealkylation sites (N-methyl/N-ethyl adjacent to an activating group) is 1. The number of hydrogen-bond acceptors (Lipinski definition) is 5. The van der Waals surface area contributed by atoms with E-state index < -0.39 is 24.0 Å². The van der Waals surface area contributed by atoms with Crippen molar-refractivity contribution < 1.29 is 19.2 Å². The van der Waals surface area contributed by atoms with Crippen molar-refractivity contribution in [3.05, 3.63) is 29.8 Å². The molecule has 7 N–H and O–H groups in total. The average Bonchev–Trinajstić information content (AvgIpc) is 2.78. The minimum atomic E-state index is -0.851. The van der Waals surface area contributed by atoms with E-state index in [0.29, 0.717) is 24.9 Å². The Hall–Kier alpha value is -3.14. The van der Waals surface area contributed by atoms with Crippen molar-refractivity contribution in [2.24, 2.45) is 11.7 Å². The van der Waals surface area contributed by atoms with Gasteiger partial charge in [-0.05, 0) is 62.9 Å². The van der Waals surface area contributed by atoms with Gasteiger partial charge in [0.15, 0.2) is 0 Å². The van der Waals surface area contributed by atoms with Crippen LogP contribution in [0.3, 0.4) is 0 Å². The summed E-state index contributed by atoms with van der Waals surface area (Å²) in [6.45, 7) is 6.68. The van der Waals surface area contributed by atoms with Crippen molar-refractivity contribution >= 4 is 29.4 Å². The molecule has 0 aliphatic carbocycles. The van der Waals surface area contributed by atoms with Crippen molar-refractivity contribution in [2.75, 3.05) is 25.5 Å². The first-order valence-corrected chi connectivity index (χ1v) is 11.8. The Labute approximate surface area is 202 Å². The largest absolute Gasteiger partial charge is 0.352 e. The van der Waals surface area contributed by atoms with Gasteiger partial charge in [-0.1, -0.05) is 32.9 Å². The lowest BCUT2D eigenvalue weighted by molar-refractivity contribution is -0.132. The Kier molecular flexibility index (Phi) is 13.3. The van der Waals surface area contributed by atoms with Crippen LogP contribution in [0.1, 0.15) is 52.0 Å². The molecule has 0 saturated heterocycles.